The largest absolute Gasteiger partial charge is 0.394 e. The Morgan fingerprint density at radius 2 is 1.88 bits per heavy atom. The fourth-order valence-corrected chi connectivity index (χ4v) is 5.38. The molecule has 0 spiro atoms. The second-order valence-corrected chi connectivity index (χ2v) is 10.3. The van der Waals surface area contributed by atoms with Gasteiger partial charge in [0.05, 0.1) is 17.6 Å². The number of ether oxygens (including phenoxy) is 1. The summed E-state index contributed by atoms with van der Waals surface area (Å²) in [5, 5.41) is 32.2. The van der Waals surface area contributed by atoms with Gasteiger partial charge in [-0.1, -0.05) is 11.6 Å². The number of fused-ring (bicyclic) bond motifs is 1. The van der Waals surface area contributed by atoms with Crippen molar-refractivity contribution in [3.8, 4) is 0 Å². The Kier molecular flexibility index (Phi) is 8.05. The van der Waals surface area contributed by atoms with E-state index in [9.17, 15) is 34.5 Å². The summed E-state index contributed by atoms with van der Waals surface area (Å²) < 4.78 is 7.98. The van der Waals surface area contributed by atoms with Gasteiger partial charge in [-0.25, -0.2) is 9.59 Å². The minimum atomic E-state index is -1.45. The van der Waals surface area contributed by atoms with Gasteiger partial charge in [-0.2, -0.15) is 4.98 Å². The van der Waals surface area contributed by atoms with Gasteiger partial charge in [0, 0.05) is 43.2 Å². The molecule has 0 aliphatic carbocycles. The number of hydrogen-bond donors (Lipinski definition) is 5. The Hall–Kier alpha value is -3.56. The van der Waals surface area contributed by atoms with Crippen LogP contribution in [0.4, 0.5) is 5.82 Å². The van der Waals surface area contributed by atoms with E-state index < -0.39 is 42.7 Å². The van der Waals surface area contributed by atoms with Gasteiger partial charge in [0.25, 0.3) is 0 Å². The Morgan fingerprint density at radius 1 is 1.12 bits per heavy atom. The highest BCUT2D eigenvalue weighted by Gasteiger charge is 2.43. The van der Waals surface area contributed by atoms with Crippen LogP contribution in [0.25, 0.3) is 11.0 Å². The summed E-state index contributed by atoms with van der Waals surface area (Å²) in [7, 11) is 0. The Labute approximate surface area is 231 Å². The number of aliphatic hydroxyl groups excluding tert-OH is 3. The van der Waals surface area contributed by atoms with Gasteiger partial charge in [-0.3, -0.25) is 18.7 Å². The zero-order valence-electron chi connectivity index (χ0n) is 21.3. The summed E-state index contributed by atoms with van der Waals surface area (Å²) in [6, 6.07) is 6.47. The number of imidazole rings is 1. The molecule has 0 unspecified atom stereocenters. The highest BCUT2D eigenvalue weighted by molar-refractivity contribution is 6.31. The summed E-state index contributed by atoms with van der Waals surface area (Å²) in [5.41, 5.74) is 0.353. The number of aliphatic hydroxyl groups is 3. The number of piperidine rings is 1. The average molecular weight is 577 g/mol. The molecular formula is C25H29ClN6O8. The summed E-state index contributed by atoms with van der Waals surface area (Å²) in [4.78, 5) is 58.3. The molecule has 5 N–H and O–H groups in total. The molecule has 2 aromatic heterocycles. The molecule has 3 aromatic rings. The number of carbonyl (C=O) groups excluding carboxylic acids is 2. The maximum Gasteiger partial charge on any atom is 0.351 e. The lowest BCUT2D eigenvalue weighted by atomic mass is 10.0. The molecule has 40 heavy (non-hydrogen) atoms. The van der Waals surface area contributed by atoms with Gasteiger partial charge in [0.2, 0.25) is 11.8 Å². The van der Waals surface area contributed by atoms with Crippen molar-refractivity contribution in [1.82, 2.24) is 24.0 Å². The number of aromatic nitrogens is 4. The number of amides is 2. The van der Waals surface area contributed by atoms with Crippen molar-refractivity contribution in [2.45, 2.75) is 56.3 Å². The van der Waals surface area contributed by atoms with Gasteiger partial charge in [-0.15, -0.1) is 0 Å². The second kappa shape index (κ2) is 11.5. The van der Waals surface area contributed by atoms with E-state index in [2.05, 4.69) is 15.3 Å². The molecule has 4 atom stereocenters. The first-order chi connectivity index (χ1) is 19.2. The monoisotopic (exact) mass is 576 g/mol. The lowest BCUT2D eigenvalue weighted by Crippen LogP contribution is -2.40. The van der Waals surface area contributed by atoms with Crippen molar-refractivity contribution < 1.29 is 29.6 Å². The maximum atomic E-state index is 12.7. The SMILES string of the molecule is O=C(CCC(=O)N1CCC(n2c(=O)[nH]c3cc(Cl)ccc32)CC1)Nc1ccn([C@@H]2O[C@H](CO)[C@@H](O)[C@@H]2O)c(=O)n1. The van der Waals surface area contributed by atoms with E-state index in [1.807, 2.05) is 0 Å². The smallest absolute Gasteiger partial charge is 0.351 e. The molecule has 2 aliphatic rings. The van der Waals surface area contributed by atoms with E-state index in [1.54, 1.807) is 27.7 Å². The van der Waals surface area contributed by atoms with Crippen molar-refractivity contribution in [3.63, 3.8) is 0 Å². The van der Waals surface area contributed by atoms with Crippen molar-refractivity contribution in [2.24, 2.45) is 0 Å². The fourth-order valence-electron chi connectivity index (χ4n) is 5.21. The number of benzene rings is 1. The predicted octanol–water partition coefficient (Wildman–Crippen LogP) is -0.266. The topological polar surface area (TPSA) is 192 Å². The molecule has 2 amide bonds. The molecule has 4 heterocycles. The summed E-state index contributed by atoms with van der Waals surface area (Å²) in [6.07, 6.45) is -2.86. The van der Waals surface area contributed by atoms with Crippen LogP contribution in [0.5, 0.6) is 0 Å². The molecule has 15 heteroatoms. The molecule has 5 rings (SSSR count). The van der Waals surface area contributed by atoms with E-state index >= 15 is 0 Å². The minimum Gasteiger partial charge on any atom is -0.394 e. The number of nitrogens with zero attached hydrogens (tertiary/aromatic N) is 4. The lowest BCUT2D eigenvalue weighted by Gasteiger charge is -2.32. The van der Waals surface area contributed by atoms with Crippen LogP contribution in [0.15, 0.2) is 40.1 Å². The average Bonchev–Trinajstić information content (AvgIpc) is 3.41. The Balaban J connectivity index is 1.12. The highest BCUT2D eigenvalue weighted by Crippen LogP contribution is 2.28. The van der Waals surface area contributed by atoms with Crippen LogP contribution in [-0.2, 0) is 14.3 Å². The van der Waals surface area contributed by atoms with Gasteiger partial charge in [-0.05, 0) is 37.1 Å². The number of halogens is 1. The molecule has 0 saturated carbocycles. The van der Waals surface area contributed by atoms with Crippen molar-refractivity contribution in [3.05, 3.63) is 56.5 Å². The summed E-state index contributed by atoms with van der Waals surface area (Å²) >= 11 is 6.02. The number of likely N-dealkylation sites (tertiary alicyclic amines) is 1. The molecule has 14 nitrogen and oxygen atoms in total. The number of nitrogens with one attached hydrogen (secondary N) is 2. The highest BCUT2D eigenvalue weighted by atomic mass is 35.5. The van der Waals surface area contributed by atoms with Gasteiger partial charge >= 0.3 is 11.4 Å². The van der Waals surface area contributed by atoms with Crippen molar-refractivity contribution >= 4 is 40.3 Å². The first-order valence-electron chi connectivity index (χ1n) is 12.9. The number of hydrogen-bond acceptors (Lipinski definition) is 9. The van der Waals surface area contributed by atoms with Gasteiger partial charge in [0.15, 0.2) is 6.23 Å². The lowest BCUT2D eigenvalue weighted by molar-refractivity contribution is -0.134. The normalized spacial score (nSPS) is 23.6. The number of H-pyrrole nitrogens is 1. The van der Waals surface area contributed by atoms with Crippen LogP contribution in [0.2, 0.25) is 5.02 Å². The molecule has 0 radical (unpaired) electrons. The summed E-state index contributed by atoms with van der Waals surface area (Å²) in [5.74, 6) is -0.749. The van der Waals surface area contributed by atoms with Gasteiger partial charge < -0.3 is 35.3 Å². The third kappa shape index (κ3) is 5.53. The van der Waals surface area contributed by atoms with Crippen LogP contribution in [0.1, 0.15) is 38.0 Å². The van der Waals surface area contributed by atoms with Crippen LogP contribution in [0, 0.1) is 0 Å². The molecule has 2 fully saturated rings. The number of carbonyl (C=O) groups is 2. The van der Waals surface area contributed by atoms with Crippen LogP contribution in [0.3, 0.4) is 0 Å². The minimum absolute atomic E-state index is 0.0400. The zero-order valence-corrected chi connectivity index (χ0v) is 22.0. The van der Waals surface area contributed by atoms with Gasteiger partial charge in [0.1, 0.15) is 24.1 Å². The fraction of sp³-hybridized carbons (Fsp3) is 0.480. The molecule has 2 aliphatic heterocycles. The standard InChI is InChI=1S/C25H29ClN6O8/c26-13-1-2-16-15(11-13)27-25(39)32(16)14-5-8-30(9-6-14)20(35)4-3-19(34)28-18-7-10-31(24(38)29-18)23-22(37)21(36)17(12-33)40-23/h1-2,7,10-11,14,17,21-23,33,36-37H,3-6,8-9,12H2,(H,27,39)(H,28,29,34,38)/t17-,21-,22+,23-/m1/s1. The number of aromatic amines is 1. The van der Waals surface area contributed by atoms with Crippen molar-refractivity contribution in [2.75, 3.05) is 25.0 Å². The van der Waals surface area contributed by atoms with Crippen LogP contribution < -0.4 is 16.7 Å². The second-order valence-electron chi connectivity index (χ2n) is 9.85. The van der Waals surface area contributed by atoms with Crippen molar-refractivity contribution in [1.29, 1.82) is 0 Å². The van der Waals surface area contributed by atoms with Crippen LogP contribution >= 0.6 is 11.6 Å². The Bertz CT molecular complexity index is 1530. The first kappa shape index (κ1) is 28.0. The number of rotatable bonds is 7. The van der Waals surface area contributed by atoms with E-state index in [1.165, 1.54) is 12.3 Å². The van der Waals surface area contributed by atoms with E-state index in [0.29, 0.717) is 36.5 Å². The third-order valence-corrected chi connectivity index (χ3v) is 7.55. The molecule has 0 bridgehead atoms. The molecule has 1 aromatic carbocycles. The summed E-state index contributed by atoms with van der Waals surface area (Å²) in [6.45, 7) is 0.346. The van der Waals surface area contributed by atoms with E-state index in [0.717, 1.165) is 10.1 Å². The van der Waals surface area contributed by atoms with Crippen LogP contribution in [-0.4, -0.2) is 89.1 Å². The number of anilines is 1. The Morgan fingerprint density at radius 3 is 2.55 bits per heavy atom. The molecule has 214 valence electrons. The quantitative estimate of drug-likeness (QED) is 0.252. The van der Waals surface area contributed by atoms with E-state index in [-0.39, 0.29) is 36.3 Å². The molecular weight excluding hydrogens is 548 g/mol. The maximum absolute atomic E-state index is 12.7. The van der Waals surface area contributed by atoms with E-state index in [4.69, 9.17) is 16.3 Å². The predicted molar refractivity (Wildman–Crippen MR) is 142 cm³/mol. The zero-order chi connectivity index (χ0) is 28.6. The third-order valence-electron chi connectivity index (χ3n) is 7.32. The molecule has 2 saturated heterocycles. The first-order valence-corrected chi connectivity index (χ1v) is 13.2.